The second-order valence-electron chi connectivity index (χ2n) is 5.00. The molecule has 5 nitrogen and oxygen atoms in total. The average molecular weight is 268 g/mol. The summed E-state index contributed by atoms with van der Waals surface area (Å²) < 4.78 is 11.3. The standard InChI is InChI=1S/C12H16N2O3S/c1-7-11(18-6-13-7)9-4-8(14-17-9)10-5-15-12(2,3)16-10/h6,9-10H,4-5H2,1-3H3/t9?,10-/m1/s1. The van der Waals surface area contributed by atoms with Crippen molar-refractivity contribution >= 4 is 17.0 Å². The van der Waals surface area contributed by atoms with Crippen LogP contribution in [0.15, 0.2) is 10.7 Å². The summed E-state index contributed by atoms with van der Waals surface area (Å²) in [5.41, 5.74) is 3.79. The van der Waals surface area contributed by atoms with Gasteiger partial charge in [0.1, 0.15) is 6.10 Å². The van der Waals surface area contributed by atoms with Gasteiger partial charge in [0, 0.05) is 6.42 Å². The predicted octanol–water partition coefficient (Wildman–Crippen LogP) is 2.42. The van der Waals surface area contributed by atoms with Gasteiger partial charge in [0.25, 0.3) is 0 Å². The number of thiazole rings is 1. The largest absolute Gasteiger partial charge is 0.386 e. The van der Waals surface area contributed by atoms with Gasteiger partial charge in [-0.15, -0.1) is 11.3 Å². The van der Waals surface area contributed by atoms with Gasteiger partial charge in [0.15, 0.2) is 11.9 Å². The highest BCUT2D eigenvalue weighted by Crippen LogP contribution is 2.35. The third-order valence-corrected chi connectivity index (χ3v) is 4.17. The Morgan fingerprint density at radius 2 is 2.22 bits per heavy atom. The van der Waals surface area contributed by atoms with E-state index in [1.54, 1.807) is 11.3 Å². The van der Waals surface area contributed by atoms with Crippen molar-refractivity contribution in [1.82, 2.24) is 4.98 Å². The lowest BCUT2D eigenvalue weighted by atomic mass is 10.1. The summed E-state index contributed by atoms with van der Waals surface area (Å²) in [5.74, 6) is -0.522. The number of ether oxygens (including phenoxy) is 2. The Morgan fingerprint density at radius 3 is 2.83 bits per heavy atom. The first kappa shape index (κ1) is 12.1. The molecule has 0 amide bonds. The monoisotopic (exact) mass is 268 g/mol. The molecule has 0 aromatic carbocycles. The van der Waals surface area contributed by atoms with Gasteiger partial charge in [0.2, 0.25) is 0 Å². The Morgan fingerprint density at radius 1 is 1.39 bits per heavy atom. The van der Waals surface area contributed by atoms with E-state index in [1.807, 2.05) is 26.3 Å². The topological polar surface area (TPSA) is 52.9 Å². The summed E-state index contributed by atoms with van der Waals surface area (Å²) in [6.45, 7) is 6.36. The van der Waals surface area contributed by atoms with Crippen LogP contribution in [-0.2, 0) is 14.3 Å². The van der Waals surface area contributed by atoms with Crippen molar-refractivity contribution in [3.05, 3.63) is 16.1 Å². The average Bonchev–Trinajstić information content (AvgIpc) is 2.97. The number of hydrogen-bond donors (Lipinski definition) is 0. The molecule has 0 bridgehead atoms. The second-order valence-corrected chi connectivity index (χ2v) is 5.89. The van der Waals surface area contributed by atoms with Gasteiger partial charge in [-0.3, -0.25) is 0 Å². The number of aryl methyl sites for hydroxylation is 1. The third-order valence-electron chi connectivity index (χ3n) is 3.15. The summed E-state index contributed by atoms with van der Waals surface area (Å²) in [5, 5.41) is 4.15. The predicted molar refractivity (Wildman–Crippen MR) is 67.6 cm³/mol. The first-order valence-corrected chi connectivity index (χ1v) is 6.87. The van der Waals surface area contributed by atoms with Crippen molar-refractivity contribution in [3.8, 4) is 0 Å². The quantitative estimate of drug-likeness (QED) is 0.826. The molecule has 2 aliphatic heterocycles. The van der Waals surface area contributed by atoms with E-state index in [4.69, 9.17) is 14.3 Å². The maximum atomic E-state index is 5.78. The van der Waals surface area contributed by atoms with E-state index in [2.05, 4.69) is 10.1 Å². The first-order valence-electron chi connectivity index (χ1n) is 5.99. The molecule has 6 heteroatoms. The lowest BCUT2D eigenvalue weighted by Gasteiger charge is -2.16. The van der Waals surface area contributed by atoms with Crippen LogP contribution in [0, 0.1) is 6.92 Å². The van der Waals surface area contributed by atoms with Crippen LogP contribution in [0.1, 0.15) is 36.9 Å². The fourth-order valence-electron chi connectivity index (χ4n) is 2.20. The summed E-state index contributed by atoms with van der Waals surface area (Å²) in [4.78, 5) is 10.9. The fourth-order valence-corrected chi connectivity index (χ4v) is 3.02. The molecule has 18 heavy (non-hydrogen) atoms. The van der Waals surface area contributed by atoms with Gasteiger partial charge in [-0.25, -0.2) is 4.98 Å². The Bertz CT molecular complexity index is 483. The van der Waals surface area contributed by atoms with Crippen molar-refractivity contribution in [2.24, 2.45) is 5.16 Å². The molecule has 0 spiro atoms. The zero-order chi connectivity index (χ0) is 12.8. The minimum absolute atomic E-state index is 0.0141. The molecule has 98 valence electrons. The van der Waals surface area contributed by atoms with Crippen LogP contribution in [-0.4, -0.2) is 29.2 Å². The molecule has 0 N–H and O–H groups in total. The van der Waals surface area contributed by atoms with Gasteiger partial charge < -0.3 is 14.3 Å². The fraction of sp³-hybridized carbons (Fsp3) is 0.667. The lowest BCUT2D eigenvalue weighted by Crippen LogP contribution is -2.26. The number of aromatic nitrogens is 1. The third kappa shape index (κ3) is 2.15. The molecule has 0 saturated carbocycles. The molecule has 0 radical (unpaired) electrons. The highest BCUT2D eigenvalue weighted by atomic mass is 32.1. The van der Waals surface area contributed by atoms with Crippen molar-refractivity contribution in [1.29, 1.82) is 0 Å². The number of nitrogens with zero attached hydrogens (tertiary/aromatic N) is 2. The molecular weight excluding hydrogens is 252 g/mol. The second kappa shape index (κ2) is 4.29. The minimum Gasteiger partial charge on any atom is -0.386 e. The minimum atomic E-state index is -0.522. The molecular formula is C12H16N2O3S. The van der Waals surface area contributed by atoms with Gasteiger partial charge in [-0.2, -0.15) is 0 Å². The molecule has 1 unspecified atom stereocenters. The zero-order valence-electron chi connectivity index (χ0n) is 10.7. The first-order chi connectivity index (χ1) is 8.55. The van der Waals surface area contributed by atoms with E-state index >= 15 is 0 Å². The van der Waals surface area contributed by atoms with Crippen LogP contribution in [0.2, 0.25) is 0 Å². The van der Waals surface area contributed by atoms with Crippen LogP contribution in [0.5, 0.6) is 0 Å². The molecule has 2 atom stereocenters. The maximum Gasteiger partial charge on any atom is 0.168 e. The van der Waals surface area contributed by atoms with E-state index in [9.17, 15) is 0 Å². The molecule has 0 aliphatic carbocycles. The molecule has 1 fully saturated rings. The normalized spacial score (nSPS) is 30.3. The van der Waals surface area contributed by atoms with Crippen molar-refractivity contribution < 1.29 is 14.3 Å². The van der Waals surface area contributed by atoms with E-state index in [0.717, 1.165) is 22.7 Å². The van der Waals surface area contributed by atoms with Crippen LogP contribution >= 0.6 is 11.3 Å². The van der Waals surface area contributed by atoms with Crippen LogP contribution in [0.25, 0.3) is 0 Å². The van der Waals surface area contributed by atoms with Crippen LogP contribution in [0.3, 0.4) is 0 Å². The number of oxime groups is 1. The van der Waals surface area contributed by atoms with E-state index in [0.29, 0.717) is 6.61 Å². The Kier molecular flexibility index (Phi) is 2.88. The van der Waals surface area contributed by atoms with E-state index in [-0.39, 0.29) is 12.2 Å². The van der Waals surface area contributed by atoms with Crippen LogP contribution < -0.4 is 0 Å². The summed E-state index contributed by atoms with van der Waals surface area (Å²) in [7, 11) is 0. The lowest BCUT2D eigenvalue weighted by molar-refractivity contribution is -0.131. The van der Waals surface area contributed by atoms with Gasteiger partial charge in [-0.1, -0.05) is 5.16 Å². The Balaban J connectivity index is 1.67. The van der Waals surface area contributed by atoms with Crippen molar-refractivity contribution in [2.45, 2.75) is 45.2 Å². The molecule has 2 aliphatic rings. The number of rotatable bonds is 2. The molecule has 3 rings (SSSR count). The Labute approximate surface area is 110 Å². The van der Waals surface area contributed by atoms with Gasteiger partial charge in [-0.05, 0) is 20.8 Å². The summed E-state index contributed by atoms with van der Waals surface area (Å²) in [6.07, 6.45) is 0.658. The molecule has 1 saturated heterocycles. The highest BCUT2D eigenvalue weighted by molar-refractivity contribution is 7.09. The summed E-state index contributed by atoms with van der Waals surface area (Å²) in [6, 6.07) is 0. The van der Waals surface area contributed by atoms with E-state index < -0.39 is 5.79 Å². The number of hydrogen-bond acceptors (Lipinski definition) is 6. The Hall–Kier alpha value is -0.980. The molecule has 1 aromatic rings. The van der Waals surface area contributed by atoms with Crippen molar-refractivity contribution in [2.75, 3.05) is 6.61 Å². The van der Waals surface area contributed by atoms with Crippen LogP contribution in [0.4, 0.5) is 0 Å². The molecule has 3 heterocycles. The zero-order valence-corrected chi connectivity index (χ0v) is 11.5. The van der Waals surface area contributed by atoms with Gasteiger partial charge in [0.05, 0.1) is 28.4 Å². The molecule has 1 aromatic heterocycles. The van der Waals surface area contributed by atoms with Crippen molar-refractivity contribution in [3.63, 3.8) is 0 Å². The highest BCUT2D eigenvalue weighted by Gasteiger charge is 2.39. The maximum absolute atomic E-state index is 5.78. The summed E-state index contributed by atoms with van der Waals surface area (Å²) >= 11 is 1.61. The smallest absolute Gasteiger partial charge is 0.168 e. The van der Waals surface area contributed by atoms with E-state index in [1.165, 1.54) is 0 Å². The van der Waals surface area contributed by atoms with Gasteiger partial charge >= 0.3 is 0 Å². The SMILES string of the molecule is Cc1ncsc1C1CC([C@H]2COC(C)(C)O2)=NO1.